The summed E-state index contributed by atoms with van der Waals surface area (Å²) >= 11 is 5.78. The molecule has 0 heterocycles. The molecule has 8 heteroatoms. The van der Waals surface area contributed by atoms with Gasteiger partial charge in [0.05, 0.1) is 19.1 Å². The molecule has 0 spiro atoms. The number of hydrogen-bond donors (Lipinski definition) is 0. The van der Waals surface area contributed by atoms with Gasteiger partial charge in [-0.15, -0.1) is 0 Å². The average Bonchev–Trinajstić information content (AvgIpc) is 2.42. The van der Waals surface area contributed by atoms with Gasteiger partial charge in [-0.2, -0.15) is 0 Å². The minimum Gasteiger partial charge on any atom is -0.468 e. The molecule has 0 aromatic heterocycles. The van der Waals surface area contributed by atoms with E-state index >= 15 is 0 Å². The monoisotopic (exact) mass is 301 g/mol. The van der Waals surface area contributed by atoms with Crippen LogP contribution >= 0.6 is 11.6 Å². The van der Waals surface area contributed by atoms with Crippen LogP contribution in [0.2, 0.25) is 5.02 Å². The van der Waals surface area contributed by atoms with E-state index in [-0.39, 0.29) is 22.7 Å². The highest BCUT2D eigenvalue weighted by Crippen LogP contribution is 2.26. The van der Waals surface area contributed by atoms with Crippen LogP contribution in [0, 0.1) is 16.0 Å². The highest BCUT2D eigenvalue weighted by Gasteiger charge is 2.31. The Hall–Kier alpha value is -2.15. The Morgan fingerprint density at radius 2 is 1.85 bits per heavy atom. The van der Waals surface area contributed by atoms with Gasteiger partial charge in [-0.1, -0.05) is 11.6 Å². The van der Waals surface area contributed by atoms with Crippen molar-refractivity contribution in [3.63, 3.8) is 0 Å². The van der Waals surface area contributed by atoms with Crippen molar-refractivity contribution in [1.29, 1.82) is 0 Å². The van der Waals surface area contributed by atoms with Crippen molar-refractivity contribution in [2.24, 2.45) is 5.92 Å². The van der Waals surface area contributed by atoms with E-state index in [2.05, 4.69) is 9.47 Å². The number of benzene rings is 1. The Morgan fingerprint density at radius 3 is 2.30 bits per heavy atom. The van der Waals surface area contributed by atoms with Gasteiger partial charge in [0.1, 0.15) is 0 Å². The summed E-state index contributed by atoms with van der Waals surface area (Å²) in [6.07, 6.45) is -0.226. The third kappa shape index (κ3) is 3.67. The number of nitro groups is 1. The molecule has 0 fully saturated rings. The molecule has 0 atom stereocenters. The zero-order valence-corrected chi connectivity index (χ0v) is 11.5. The van der Waals surface area contributed by atoms with E-state index in [0.717, 1.165) is 14.2 Å². The van der Waals surface area contributed by atoms with E-state index in [0.29, 0.717) is 0 Å². The quantitative estimate of drug-likeness (QED) is 0.356. The van der Waals surface area contributed by atoms with Crippen LogP contribution < -0.4 is 0 Å². The van der Waals surface area contributed by atoms with Gasteiger partial charge in [0, 0.05) is 23.1 Å². The summed E-state index contributed by atoms with van der Waals surface area (Å²) in [5.41, 5.74) is -0.0736. The van der Waals surface area contributed by atoms with Gasteiger partial charge >= 0.3 is 11.9 Å². The SMILES string of the molecule is COC(=O)C(Cc1cc(Cl)ccc1[N+](=O)[O-])C(=O)OC. The van der Waals surface area contributed by atoms with Crippen molar-refractivity contribution in [2.45, 2.75) is 6.42 Å². The minimum atomic E-state index is -1.28. The number of halogens is 1. The van der Waals surface area contributed by atoms with E-state index in [1.54, 1.807) is 0 Å². The first-order valence-electron chi connectivity index (χ1n) is 5.49. The fourth-order valence-electron chi connectivity index (χ4n) is 1.66. The van der Waals surface area contributed by atoms with Crippen molar-refractivity contribution in [1.82, 2.24) is 0 Å². The molecule has 0 unspecified atom stereocenters. The number of esters is 2. The summed E-state index contributed by atoms with van der Waals surface area (Å²) in [5, 5.41) is 11.2. The number of carbonyl (C=O) groups is 2. The van der Waals surface area contributed by atoms with Crippen LogP contribution in [0.25, 0.3) is 0 Å². The number of methoxy groups -OCH3 is 2. The second-order valence-corrected chi connectivity index (χ2v) is 4.27. The lowest BCUT2D eigenvalue weighted by Crippen LogP contribution is -2.28. The molecular formula is C12H12ClNO6. The van der Waals surface area contributed by atoms with Gasteiger partial charge in [-0.3, -0.25) is 19.7 Å². The maximum Gasteiger partial charge on any atom is 0.320 e. The van der Waals surface area contributed by atoms with E-state index in [9.17, 15) is 19.7 Å². The predicted molar refractivity (Wildman–Crippen MR) is 69.3 cm³/mol. The van der Waals surface area contributed by atoms with E-state index in [4.69, 9.17) is 11.6 Å². The van der Waals surface area contributed by atoms with E-state index in [1.165, 1.54) is 18.2 Å². The Morgan fingerprint density at radius 1 is 1.30 bits per heavy atom. The van der Waals surface area contributed by atoms with Crippen molar-refractivity contribution in [2.75, 3.05) is 14.2 Å². The maximum atomic E-state index is 11.6. The van der Waals surface area contributed by atoms with Crippen LogP contribution in [0.5, 0.6) is 0 Å². The van der Waals surface area contributed by atoms with Crippen LogP contribution in [0.15, 0.2) is 18.2 Å². The fourth-order valence-corrected chi connectivity index (χ4v) is 1.86. The van der Waals surface area contributed by atoms with Crippen LogP contribution in [-0.2, 0) is 25.5 Å². The first-order valence-corrected chi connectivity index (χ1v) is 5.87. The molecule has 1 aromatic carbocycles. The first kappa shape index (κ1) is 15.9. The largest absolute Gasteiger partial charge is 0.468 e. The van der Waals surface area contributed by atoms with Gasteiger partial charge in [0.2, 0.25) is 0 Å². The summed E-state index contributed by atoms with van der Waals surface area (Å²) in [6.45, 7) is 0. The average molecular weight is 302 g/mol. The molecule has 0 amide bonds. The summed E-state index contributed by atoms with van der Waals surface area (Å²) in [4.78, 5) is 33.4. The summed E-state index contributed by atoms with van der Waals surface area (Å²) in [5.74, 6) is -2.93. The zero-order valence-electron chi connectivity index (χ0n) is 10.8. The molecule has 1 rings (SSSR count). The lowest BCUT2D eigenvalue weighted by molar-refractivity contribution is -0.385. The van der Waals surface area contributed by atoms with E-state index in [1.807, 2.05) is 0 Å². The molecule has 0 aliphatic carbocycles. The fraction of sp³-hybridized carbons (Fsp3) is 0.333. The Labute approximate surface area is 119 Å². The van der Waals surface area contributed by atoms with Gasteiger partial charge < -0.3 is 9.47 Å². The molecule has 0 radical (unpaired) electrons. The second kappa shape index (κ2) is 6.85. The normalized spacial score (nSPS) is 10.2. The van der Waals surface area contributed by atoms with Crippen LogP contribution in [0.1, 0.15) is 5.56 Å². The maximum absolute atomic E-state index is 11.6. The molecule has 0 N–H and O–H groups in total. The summed E-state index contributed by atoms with van der Waals surface area (Å²) < 4.78 is 8.99. The minimum absolute atomic E-state index is 0.156. The second-order valence-electron chi connectivity index (χ2n) is 3.83. The summed E-state index contributed by atoms with van der Waals surface area (Å²) in [6, 6.07) is 3.90. The number of hydrogen-bond acceptors (Lipinski definition) is 6. The first-order chi connectivity index (χ1) is 9.40. The van der Waals surface area contributed by atoms with Crippen molar-refractivity contribution in [3.05, 3.63) is 38.9 Å². The number of nitro benzene ring substituents is 1. The predicted octanol–water partition coefficient (Wildman–Crippen LogP) is 1.75. The smallest absolute Gasteiger partial charge is 0.320 e. The van der Waals surface area contributed by atoms with Crippen LogP contribution in [-0.4, -0.2) is 31.1 Å². The topological polar surface area (TPSA) is 95.7 Å². The highest BCUT2D eigenvalue weighted by molar-refractivity contribution is 6.30. The molecule has 0 aliphatic heterocycles. The Balaban J connectivity index is 3.16. The molecule has 7 nitrogen and oxygen atoms in total. The van der Waals surface area contributed by atoms with Crippen molar-refractivity contribution in [3.8, 4) is 0 Å². The zero-order chi connectivity index (χ0) is 15.3. The van der Waals surface area contributed by atoms with Crippen LogP contribution in [0.4, 0.5) is 5.69 Å². The Bertz CT molecular complexity index is 529. The molecule has 1 aromatic rings. The Kier molecular flexibility index (Phi) is 5.45. The van der Waals surface area contributed by atoms with Crippen molar-refractivity contribution >= 4 is 29.2 Å². The molecule has 108 valence electrons. The highest BCUT2D eigenvalue weighted by atomic mass is 35.5. The van der Waals surface area contributed by atoms with Gasteiger partial charge in [0.25, 0.3) is 5.69 Å². The molecule has 0 saturated heterocycles. The molecule has 0 bridgehead atoms. The lowest BCUT2D eigenvalue weighted by Gasteiger charge is -2.12. The number of rotatable bonds is 5. The third-order valence-electron chi connectivity index (χ3n) is 2.63. The van der Waals surface area contributed by atoms with Gasteiger partial charge in [0.15, 0.2) is 5.92 Å². The lowest BCUT2D eigenvalue weighted by atomic mass is 9.98. The number of ether oxygens (including phenoxy) is 2. The van der Waals surface area contributed by atoms with Gasteiger partial charge in [-0.25, -0.2) is 0 Å². The molecule has 0 saturated carbocycles. The van der Waals surface area contributed by atoms with Gasteiger partial charge in [-0.05, 0) is 12.1 Å². The van der Waals surface area contributed by atoms with Crippen molar-refractivity contribution < 1.29 is 24.0 Å². The number of carbonyl (C=O) groups excluding carboxylic acids is 2. The third-order valence-corrected chi connectivity index (χ3v) is 2.87. The molecule has 20 heavy (non-hydrogen) atoms. The summed E-state index contributed by atoms with van der Waals surface area (Å²) in [7, 11) is 2.23. The molecule has 0 aliphatic rings. The van der Waals surface area contributed by atoms with E-state index < -0.39 is 22.8 Å². The number of nitrogens with zero attached hydrogens (tertiary/aromatic N) is 1. The standard InChI is InChI=1S/C12H12ClNO6/c1-19-11(15)9(12(16)20-2)6-7-5-8(13)3-4-10(7)14(17)18/h3-5,9H,6H2,1-2H3. The van der Waals surface area contributed by atoms with Crippen LogP contribution in [0.3, 0.4) is 0 Å². The molecular weight excluding hydrogens is 290 g/mol.